The van der Waals surface area contributed by atoms with Gasteiger partial charge in [0.05, 0.1) is 0 Å². The molecule has 0 heterocycles. The molecule has 0 aliphatic carbocycles. The first-order valence-electron chi connectivity index (χ1n) is 17.3. The van der Waals surface area contributed by atoms with Crippen LogP contribution < -0.4 is 0 Å². The van der Waals surface area contributed by atoms with E-state index in [9.17, 15) is 0 Å². The van der Waals surface area contributed by atoms with Crippen LogP contribution in [0.4, 0.5) is 0 Å². The minimum atomic E-state index is 1.23. The van der Waals surface area contributed by atoms with Crippen LogP contribution in [0, 0.1) is 0 Å². The molecular weight excluding hydrogens is 601 g/mol. The molecule has 0 atom stereocenters. The second-order valence-corrected chi connectivity index (χ2v) is 13.4. The Balaban J connectivity index is 1.01. The van der Waals surface area contributed by atoms with Crippen molar-refractivity contribution >= 4 is 53.9 Å². The van der Waals surface area contributed by atoms with Gasteiger partial charge in [-0.15, -0.1) is 0 Å². The third-order valence-corrected chi connectivity index (χ3v) is 10.4. The van der Waals surface area contributed by atoms with Crippen LogP contribution in [0.3, 0.4) is 0 Å². The average Bonchev–Trinajstić information content (AvgIpc) is 3.19. The van der Waals surface area contributed by atoms with Crippen molar-refractivity contribution < 1.29 is 0 Å². The van der Waals surface area contributed by atoms with E-state index in [1.165, 1.54) is 98.4 Å². The quantitative estimate of drug-likeness (QED) is 0.169. The van der Waals surface area contributed by atoms with E-state index in [4.69, 9.17) is 0 Å². The van der Waals surface area contributed by atoms with Gasteiger partial charge in [-0.3, -0.25) is 0 Å². The fourth-order valence-electron chi connectivity index (χ4n) is 7.73. The van der Waals surface area contributed by atoms with Crippen molar-refractivity contribution in [2.75, 3.05) is 0 Å². The zero-order valence-corrected chi connectivity index (χ0v) is 27.5. The van der Waals surface area contributed by atoms with Crippen LogP contribution in [-0.4, -0.2) is 0 Å². The molecule has 0 saturated carbocycles. The molecule has 10 aromatic rings. The van der Waals surface area contributed by atoms with Gasteiger partial charge in [0, 0.05) is 0 Å². The van der Waals surface area contributed by atoms with Gasteiger partial charge >= 0.3 is 0 Å². The van der Waals surface area contributed by atoms with Crippen LogP contribution in [-0.2, 0) is 0 Å². The number of benzene rings is 10. The van der Waals surface area contributed by atoms with Gasteiger partial charge in [-0.05, 0) is 141 Å². The Kier molecular flexibility index (Phi) is 6.60. The lowest BCUT2D eigenvalue weighted by Gasteiger charge is -2.14. The third kappa shape index (κ3) is 4.93. The lowest BCUT2D eigenvalue weighted by Crippen LogP contribution is -1.88. The predicted molar refractivity (Wildman–Crippen MR) is 216 cm³/mol. The van der Waals surface area contributed by atoms with Gasteiger partial charge < -0.3 is 0 Å². The van der Waals surface area contributed by atoms with E-state index in [1.54, 1.807) is 0 Å². The average molecular weight is 633 g/mol. The lowest BCUT2D eigenvalue weighted by molar-refractivity contribution is 1.62. The summed E-state index contributed by atoms with van der Waals surface area (Å²) in [4.78, 5) is 0. The largest absolute Gasteiger partial charge is 0.0622 e. The van der Waals surface area contributed by atoms with E-state index in [0.29, 0.717) is 0 Å². The third-order valence-electron chi connectivity index (χ3n) is 10.4. The summed E-state index contributed by atoms with van der Waals surface area (Å²) < 4.78 is 0. The van der Waals surface area contributed by atoms with Crippen LogP contribution in [0.5, 0.6) is 0 Å². The molecule has 0 amide bonds. The van der Waals surface area contributed by atoms with E-state index in [2.05, 4.69) is 194 Å². The van der Waals surface area contributed by atoms with Crippen molar-refractivity contribution in [2.24, 2.45) is 0 Å². The Labute approximate surface area is 291 Å². The molecule has 0 unspecified atom stereocenters. The monoisotopic (exact) mass is 632 g/mol. The molecule has 10 aromatic carbocycles. The van der Waals surface area contributed by atoms with E-state index >= 15 is 0 Å². The summed E-state index contributed by atoms with van der Waals surface area (Å²) in [5, 5.41) is 12.6. The van der Waals surface area contributed by atoms with E-state index < -0.39 is 0 Å². The van der Waals surface area contributed by atoms with Crippen LogP contribution in [0.2, 0.25) is 0 Å². The van der Waals surface area contributed by atoms with Crippen LogP contribution in [0.25, 0.3) is 98.4 Å². The van der Waals surface area contributed by atoms with Crippen molar-refractivity contribution in [1.82, 2.24) is 0 Å². The summed E-state index contributed by atoms with van der Waals surface area (Å²) in [6.07, 6.45) is 0. The Bertz CT molecular complexity index is 2910. The minimum Gasteiger partial charge on any atom is -0.0622 e. The molecular formula is C50H32. The molecule has 0 fully saturated rings. The summed E-state index contributed by atoms with van der Waals surface area (Å²) in [6, 6.07) is 71.4. The molecule has 0 heteroatoms. The SMILES string of the molecule is c1ccc(-c2cc3ccccc3cc2-c2ccc3c(ccc4cc(-c5ccc6cc(-c7ccc8ccccc8c7)ccc6c5)ccc43)c2)cc1. The highest BCUT2D eigenvalue weighted by Crippen LogP contribution is 2.39. The minimum absolute atomic E-state index is 1.23. The van der Waals surface area contributed by atoms with E-state index in [-0.39, 0.29) is 0 Å². The standard InChI is InChI=1S/C50H32/c1-2-9-34(10-3-1)49-31-36-12-6-7-13-37(36)32-50(49)46-23-25-48-45(30-46)21-20-44-29-43(22-24-47(44)48)42-19-18-40-27-39(16-17-41(40)28-42)38-15-14-33-8-4-5-11-35(33)26-38/h1-32H. The summed E-state index contributed by atoms with van der Waals surface area (Å²) in [6.45, 7) is 0. The second kappa shape index (κ2) is 11.6. The zero-order valence-electron chi connectivity index (χ0n) is 27.5. The Hall–Kier alpha value is -6.50. The molecule has 0 aliphatic heterocycles. The van der Waals surface area contributed by atoms with Crippen molar-refractivity contribution in [2.45, 2.75) is 0 Å². The topological polar surface area (TPSA) is 0 Å². The van der Waals surface area contributed by atoms with Crippen molar-refractivity contribution in [3.05, 3.63) is 194 Å². The van der Waals surface area contributed by atoms with Gasteiger partial charge in [0.25, 0.3) is 0 Å². The predicted octanol–water partition coefficient (Wildman–Crippen LogP) is 14.1. The first-order valence-corrected chi connectivity index (χ1v) is 17.3. The molecule has 0 N–H and O–H groups in total. The molecule has 0 bridgehead atoms. The molecule has 0 aliphatic rings. The Morgan fingerprint density at radius 2 is 0.520 bits per heavy atom. The highest BCUT2D eigenvalue weighted by atomic mass is 14.2. The molecule has 0 nitrogen and oxygen atoms in total. The molecule has 10 rings (SSSR count). The molecule has 232 valence electrons. The van der Waals surface area contributed by atoms with Gasteiger partial charge in [0.15, 0.2) is 0 Å². The number of rotatable bonds is 4. The molecule has 0 radical (unpaired) electrons. The van der Waals surface area contributed by atoms with Crippen LogP contribution in [0.15, 0.2) is 194 Å². The first-order chi connectivity index (χ1) is 24.7. The number of hydrogen-bond donors (Lipinski definition) is 0. The maximum Gasteiger partial charge on any atom is -0.00988 e. The fraction of sp³-hybridized carbons (Fsp3) is 0. The summed E-state index contributed by atoms with van der Waals surface area (Å²) in [5.41, 5.74) is 9.94. The summed E-state index contributed by atoms with van der Waals surface area (Å²) in [7, 11) is 0. The summed E-state index contributed by atoms with van der Waals surface area (Å²) >= 11 is 0. The first kappa shape index (κ1) is 28.5. The van der Waals surface area contributed by atoms with Gasteiger partial charge in [-0.25, -0.2) is 0 Å². The molecule has 50 heavy (non-hydrogen) atoms. The van der Waals surface area contributed by atoms with Crippen LogP contribution >= 0.6 is 0 Å². The normalized spacial score (nSPS) is 11.6. The number of hydrogen-bond acceptors (Lipinski definition) is 0. The fourth-order valence-corrected chi connectivity index (χ4v) is 7.73. The summed E-state index contributed by atoms with van der Waals surface area (Å²) in [5.74, 6) is 0. The smallest absolute Gasteiger partial charge is 0.00988 e. The van der Waals surface area contributed by atoms with Gasteiger partial charge in [0.1, 0.15) is 0 Å². The highest BCUT2D eigenvalue weighted by molar-refractivity contribution is 6.10. The highest BCUT2D eigenvalue weighted by Gasteiger charge is 2.12. The number of fused-ring (bicyclic) bond motifs is 6. The van der Waals surface area contributed by atoms with Crippen molar-refractivity contribution in [3.63, 3.8) is 0 Å². The Morgan fingerprint density at radius 1 is 0.180 bits per heavy atom. The van der Waals surface area contributed by atoms with Crippen molar-refractivity contribution in [3.8, 4) is 44.5 Å². The van der Waals surface area contributed by atoms with Gasteiger partial charge in [-0.1, -0.05) is 152 Å². The molecule has 0 spiro atoms. The van der Waals surface area contributed by atoms with Crippen LogP contribution in [0.1, 0.15) is 0 Å². The van der Waals surface area contributed by atoms with Gasteiger partial charge in [-0.2, -0.15) is 0 Å². The Morgan fingerprint density at radius 3 is 1.08 bits per heavy atom. The van der Waals surface area contributed by atoms with Gasteiger partial charge in [0.2, 0.25) is 0 Å². The maximum absolute atomic E-state index is 2.36. The lowest BCUT2D eigenvalue weighted by atomic mass is 9.89. The maximum atomic E-state index is 2.36. The zero-order chi connectivity index (χ0) is 33.0. The van der Waals surface area contributed by atoms with Crippen molar-refractivity contribution in [1.29, 1.82) is 0 Å². The molecule has 0 saturated heterocycles. The van der Waals surface area contributed by atoms with E-state index in [1.807, 2.05) is 0 Å². The molecule has 0 aromatic heterocycles. The van der Waals surface area contributed by atoms with E-state index in [0.717, 1.165) is 0 Å². The second-order valence-electron chi connectivity index (χ2n) is 13.4.